The van der Waals surface area contributed by atoms with Gasteiger partial charge < -0.3 is 34.1 Å². The van der Waals surface area contributed by atoms with E-state index in [4.69, 9.17) is 23.9 Å². The van der Waals surface area contributed by atoms with Crippen molar-refractivity contribution in [2.75, 3.05) is 105 Å². The molecule has 2 aromatic carbocycles. The number of alkyl halides is 3. The molecule has 380 valence electrons. The Morgan fingerprint density at radius 2 is 1.45 bits per heavy atom. The van der Waals surface area contributed by atoms with Crippen LogP contribution in [0.2, 0.25) is 0 Å². The van der Waals surface area contributed by atoms with Gasteiger partial charge in [-0.25, -0.2) is 8.78 Å². The standard InChI is InChI=1S/C34H54N4O4.C5H8F2.C5H10.C4H11N.2C2H6.CH3Cl/c1-7-11-16-36(5)31-24-30(40-22-20-38-17-12-13-18-38)26-33(41-21-8-2)34(31)35-27-28-14-15-29(39-6)25-32(28)42-23-19-37(9-3)10-4;1-3-4(2)5(6)7;1-4-5(2)3;1-3-4-5-2;3*1-2/h14-15,24-27H,7-13,16-23H2,1-6H3;3-5H,1H2,2H3;4H,1-3H3;5H,3-4H2,1-2H3;2*1-2H3;1H3. The van der Waals surface area contributed by atoms with Crippen molar-refractivity contribution in [3.8, 4) is 23.0 Å². The highest BCUT2D eigenvalue weighted by Gasteiger charge is 2.18. The Labute approximate surface area is 404 Å². The first-order chi connectivity index (χ1) is 31.4. The van der Waals surface area contributed by atoms with Crippen molar-refractivity contribution in [3.63, 3.8) is 0 Å². The molecule has 1 fully saturated rings. The summed E-state index contributed by atoms with van der Waals surface area (Å²) in [6.07, 6.45) is 11.3. The molecule has 9 nitrogen and oxygen atoms in total. The van der Waals surface area contributed by atoms with E-state index >= 15 is 0 Å². The monoisotopic (exact) mass is 942 g/mol. The number of unbranched alkanes of at least 4 members (excludes halogenated alkanes) is 1. The fourth-order valence-corrected chi connectivity index (χ4v) is 5.39. The van der Waals surface area contributed by atoms with E-state index in [0.29, 0.717) is 19.8 Å². The minimum Gasteiger partial charge on any atom is -0.497 e. The summed E-state index contributed by atoms with van der Waals surface area (Å²) in [7, 11) is 5.76. The number of anilines is 1. The lowest BCUT2D eigenvalue weighted by Gasteiger charge is -2.24. The minimum atomic E-state index is -2.25. The van der Waals surface area contributed by atoms with Crippen LogP contribution in [0.25, 0.3) is 0 Å². The molecule has 0 saturated carbocycles. The van der Waals surface area contributed by atoms with Gasteiger partial charge in [-0.15, -0.1) is 18.2 Å². The average molecular weight is 943 g/mol. The number of likely N-dealkylation sites (N-methyl/N-ethyl adjacent to an activating group) is 1. The normalized spacial score (nSPS) is 11.8. The van der Waals surface area contributed by atoms with Crippen LogP contribution in [0, 0.1) is 5.92 Å². The Balaban J connectivity index is -0.000000670. The Morgan fingerprint density at radius 3 is 1.89 bits per heavy atom. The molecule has 12 heteroatoms. The summed E-state index contributed by atoms with van der Waals surface area (Å²) in [4.78, 5) is 12.1. The number of hydrogen-bond acceptors (Lipinski definition) is 9. The smallest absolute Gasteiger partial charge is 0.244 e. The molecule has 2 aromatic rings. The molecule has 1 unspecified atom stereocenters. The van der Waals surface area contributed by atoms with Gasteiger partial charge in [0.1, 0.15) is 36.1 Å². The van der Waals surface area contributed by atoms with Crippen LogP contribution in [0.3, 0.4) is 0 Å². The Morgan fingerprint density at radius 1 is 0.862 bits per heavy atom. The number of aliphatic imine (C=N–C) groups is 1. The van der Waals surface area contributed by atoms with Crippen molar-refractivity contribution in [2.45, 2.75) is 135 Å². The number of nitrogens with one attached hydrogen (secondary N) is 1. The van der Waals surface area contributed by atoms with Gasteiger partial charge in [0.2, 0.25) is 6.43 Å². The molecule has 0 aliphatic carbocycles. The summed E-state index contributed by atoms with van der Waals surface area (Å²) in [5.41, 5.74) is 4.08. The molecule has 65 heavy (non-hydrogen) atoms. The second-order valence-electron chi connectivity index (χ2n) is 14.7. The average Bonchev–Trinajstić information content (AvgIpc) is 3.87. The SMILES string of the molecule is C=CC(C)C(F)F.CC.CC.CC=C(C)C.CCCCN(C)c1cc(OCCN2CCCC2)cc(OCCC)c1N=Cc1ccc(OC)cc1OCCN(CC)CC.CCCNC.CCl. The molecule has 0 spiro atoms. The van der Waals surface area contributed by atoms with Gasteiger partial charge in [-0.1, -0.05) is 93.4 Å². The van der Waals surface area contributed by atoms with Gasteiger partial charge in [-0.2, -0.15) is 0 Å². The summed E-state index contributed by atoms with van der Waals surface area (Å²) in [5, 5.41) is 3.02. The predicted octanol–water partition coefficient (Wildman–Crippen LogP) is 14.2. The summed E-state index contributed by atoms with van der Waals surface area (Å²) in [5.74, 6) is 2.40. The van der Waals surface area contributed by atoms with Gasteiger partial charge >= 0.3 is 0 Å². The second kappa shape index (κ2) is 48.6. The van der Waals surface area contributed by atoms with E-state index in [1.807, 2.05) is 72.1 Å². The number of hydrogen-bond donors (Lipinski definition) is 1. The lowest BCUT2D eigenvalue weighted by molar-refractivity contribution is 0.109. The Kier molecular flexibility index (Phi) is 50.9. The molecular formula is C53H98ClF2N5O4. The number of rotatable bonds is 24. The third-order valence-electron chi connectivity index (χ3n) is 9.58. The fourth-order valence-electron chi connectivity index (χ4n) is 5.39. The largest absolute Gasteiger partial charge is 0.497 e. The van der Waals surface area contributed by atoms with Crippen molar-refractivity contribution >= 4 is 29.2 Å². The van der Waals surface area contributed by atoms with Crippen molar-refractivity contribution < 1.29 is 27.7 Å². The molecule has 0 bridgehead atoms. The second-order valence-corrected chi connectivity index (χ2v) is 14.7. The maximum absolute atomic E-state index is 11.4. The van der Waals surface area contributed by atoms with Crippen LogP contribution in [-0.2, 0) is 0 Å². The first-order valence-corrected chi connectivity index (χ1v) is 25.1. The maximum atomic E-state index is 11.4. The lowest BCUT2D eigenvalue weighted by atomic mass is 10.1. The molecule has 3 rings (SSSR count). The van der Waals surface area contributed by atoms with E-state index in [2.05, 4.69) is 106 Å². The van der Waals surface area contributed by atoms with Gasteiger partial charge in [0.05, 0.1) is 19.4 Å². The van der Waals surface area contributed by atoms with Crippen molar-refractivity contribution in [2.24, 2.45) is 10.9 Å². The highest BCUT2D eigenvalue weighted by atomic mass is 35.5. The first kappa shape index (κ1) is 68.2. The number of halogens is 3. The van der Waals surface area contributed by atoms with Gasteiger partial charge in [0.25, 0.3) is 0 Å². The zero-order chi connectivity index (χ0) is 50.4. The molecule has 1 saturated heterocycles. The van der Waals surface area contributed by atoms with Crippen LogP contribution in [0.1, 0.15) is 134 Å². The van der Waals surface area contributed by atoms with E-state index in [0.717, 1.165) is 98.5 Å². The lowest BCUT2D eigenvalue weighted by Crippen LogP contribution is -2.28. The zero-order valence-corrected chi connectivity index (χ0v) is 45.3. The van der Waals surface area contributed by atoms with Crippen molar-refractivity contribution in [1.29, 1.82) is 0 Å². The quantitative estimate of drug-likeness (QED) is 0.0634. The summed E-state index contributed by atoms with van der Waals surface area (Å²) in [6.45, 7) is 39.7. The van der Waals surface area contributed by atoms with E-state index in [1.54, 1.807) is 7.11 Å². The molecule has 0 radical (unpaired) electrons. The van der Waals surface area contributed by atoms with Crippen LogP contribution in [0.15, 0.2) is 59.6 Å². The van der Waals surface area contributed by atoms with Gasteiger partial charge in [-0.05, 0) is 105 Å². The van der Waals surface area contributed by atoms with E-state index in [1.165, 1.54) is 57.3 Å². The Bertz CT molecular complexity index is 1420. The minimum absolute atomic E-state index is 0.592. The molecular weight excluding hydrogens is 844 g/mol. The summed E-state index contributed by atoms with van der Waals surface area (Å²) < 4.78 is 47.0. The Hall–Kier alpha value is -3.38. The molecule has 1 heterocycles. The highest BCUT2D eigenvalue weighted by molar-refractivity contribution is 6.15. The number of nitrogens with zero attached hydrogens (tertiary/aromatic N) is 4. The molecule has 1 N–H and O–H groups in total. The molecule has 0 aromatic heterocycles. The topological polar surface area (TPSA) is 71.0 Å². The van der Waals surface area contributed by atoms with Crippen LogP contribution in [-0.4, -0.2) is 122 Å². The first-order valence-electron chi connectivity index (χ1n) is 24.4. The molecule has 1 aliphatic rings. The van der Waals surface area contributed by atoms with E-state index in [-0.39, 0.29) is 0 Å². The number of methoxy groups -OCH3 is 1. The van der Waals surface area contributed by atoms with Gasteiger partial charge in [0.15, 0.2) is 5.75 Å². The molecule has 1 aliphatic heterocycles. The fraction of sp³-hybridized carbons (Fsp3) is 0.679. The van der Waals surface area contributed by atoms with E-state index in [9.17, 15) is 8.78 Å². The third-order valence-corrected chi connectivity index (χ3v) is 9.58. The zero-order valence-electron chi connectivity index (χ0n) is 44.6. The van der Waals surface area contributed by atoms with Crippen molar-refractivity contribution in [1.82, 2.24) is 15.1 Å². The van der Waals surface area contributed by atoms with Crippen LogP contribution in [0.5, 0.6) is 23.0 Å². The molecule has 0 amide bonds. The molecule has 1 atom stereocenters. The van der Waals surface area contributed by atoms with Crippen molar-refractivity contribution in [3.05, 3.63) is 60.2 Å². The van der Waals surface area contributed by atoms with Crippen LogP contribution >= 0.6 is 11.6 Å². The van der Waals surface area contributed by atoms with Gasteiger partial charge in [-0.3, -0.25) is 9.89 Å². The number of allylic oxidation sites excluding steroid dienone is 3. The number of ether oxygens (including phenoxy) is 4. The predicted molar refractivity (Wildman–Crippen MR) is 284 cm³/mol. The van der Waals surface area contributed by atoms with Crippen LogP contribution < -0.4 is 29.2 Å². The highest BCUT2D eigenvalue weighted by Crippen LogP contribution is 2.42. The van der Waals surface area contributed by atoms with Gasteiger partial charge in [0, 0.05) is 69.0 Å². The number of likely N-dealkylation sites (tertiary alicyclic amines) is 1. The van der Waals surface area contributed by atoms with Crippen LogP contribution in [0.4, 0.5) is 20.2 Å². The third kappa shape index (κ3) is 34.6. The van der Waals surface area contributed by atoms with E-state index < -0.39 is 12.3 Å². The maximum Gasteiger partial charge on any atom is 0.244 e. The summed E-state index contributed by atoms with van der Waals surface area (Å²) >= 11 is 4.64. The summed E-state index contributed by atoms with van der Waals surface area (Å²) in [6, 6.07) is 9.99. The number of benzene rings is 2.